The van der Waals surface area contributed by atoms with Gasteiger partial charge in [-0.2, -0.15) is 0 Å². The van der Waals surface area contributed by atoms with Crippen LogP contribution in [0.1, 0.15) is 34.7 Å². The molecule has 4 heteroatoms. The molecule has 0 saturated carbocycles. The molecule has 1 unspecified atom stereocenters. The monoisotopic (exact) mass is 372 g/mol. The van der Waals surface area contributed by atoms with Crippen molar-refractivity contribution in [2.75, 3.05) is 7.05 Å². The van der Waals surface area contributed by atoms with Crippen molar-refractivity contribution in [3.8, 4) is 11.5 Å². The predicted octanol–water partition coefficient (Wildman–Crippen LogP) is 4.66. The van der Waals surface area contributed by atoms with Crippen LogP contribution in [-0.2, 0) is 13.0 Å². The number of hydrogen-bond acceptors (Lipinski definition) is 4. The van der Waals surface area contributed by atoms with Crippen LogP contribution in [0.15, 0.2) is 77.8 Å². The lowest BCUT2D eigenvalue weighted by molar-refractivity contribution is 0.474. The molecular weight excluding hydrogens is 348 g/mol. The van der Waals surface area contributed by atoms with E-state index in [-0.39, 0.29) is 17.5 Å². The van der Waals surface area contributed by atoms with Gasteiger partial charge in [-0.05, 0) is 52.9 Å². The average molecular weight is 372 g/mol. The first-order valence-corrected chi connectivity index (χ1v) is 9.52. The first-order valence-electron chi connectivity index (χ1n) is 9.52. The van der Waals surface area contributed by atoms with E-state index in [2.05, 4.69) is 36.2 Å². The van der Waals surface area contributed by atoms with Crippen LogP contribution in [0.4, 0.5) is 0 Å². The van der Waals surface area contributed by atoms with E-state index in [9.17, 15) is 10.2 Å². The molecule has 4 nitrogen and oxygen atoms in total. The molecule has 0 bridgehead atoms. The zero-order valence-electron chi connectivity index (χ0n) is 15.9. The van der Waals surface area contributed by atoms with Gasteiger partial charge in [-0.3, -0.25) is 4.99 Å². The number of aromatic hydroxyl groups is 2. The van der Waals surface area contributed by atoms with Crippen molar-refractivity contribution in [3.05, 3.63) is 95.1 Å². The van der Waals surface area contributed by atoms with E-state index in [4.69, 9.17) is 4.99 Å². The number of rotatable bonds is 4. The fraction of sp³-hybridized carbons (Fsp3) is 0.208. The molecular formula is C24H24N2O2. The van der Waals surface area contributed by atoms with Gasteiger partial charge in [-0.25, -0.2) is 0 Å². The summed E-state index contributed by atoms with van der Waals surface area (Å²) in [6.45, 7) is 0.819. The molecule has 1 aliphatic heterocycles. The Labute approximate surface area is 165 Å². The van der Waals surface area contributed by atoms with Gasteiger partial charge in [0, 0.05) is 20.0 Å². The Balaban J connectivity index is 1.67. The first kappa shape index (κ1) is 18.1. The van der Waals surface area contributed by atoms with Crippen LogP contribution < -0.4 is 0 Å². The van der Waals surface area contributed by atoms with Gasteiger partial charge in [-0.1, -0.05) is 48.5 Å². The number of phenolic OH excluding ortho intramolecular Hbond substituents is 2. The van der Waals surface area contributed by atoms with Gasteiger partial charge >= 0.3 is 0 Å². The quantitative estimate of drug-likeness (QED) is 0.700. The molecule has 142 valence electrons. The van der Waals surface area contributed by atoms with Gasteiger partial charge in [-0.15, -0.1) is 0 Å². The summed E-state index contributed by atoms with van der Waals surface area (Å²) in [6, 6.07) is 23.1. The van der Waals surface area contributed by atoms with Crippen LogP contribution in [0.25, 0.3) is 0 Å². The van der Waals surface area contributed by atoms with Crippen LogP contribution in [0.2, 0.25) is 0 Å². The SMILES string of the molecule is CN1Cc2ccccc2C(c2ccc(O)cc2)N=C1CCc1ccc(O)cc1. The van der Waals surface area contributed by atoms with Gasteiger partial charge in [0.25, 0.3) is 0 Å². The van der Waals surface area contributed by atoms with Crippen molar-refractivity contribution in [1.82, 2.24) is 4.90 Å². The Kier molecular flexibility index (Phi) is 5.02. The summed E-state index contributed by atoms with van der Waals surface area (Å²) in [5.41, 5.74) is 4.73. The summed E-state index contributed by atoms with van der Waals surface area (Å²) in [6.07, 6.45) is 1.69. The minimum absolute atomic E-state index is 0.0865. The second-order valence-electron chi connectivity index (χ2n) is 7.26. The molecule has 1 aliphatic rings. The van der Waals surface area contributed by atoms with Crippen molar-refractivity contribution in [2.45, 2.75) is 25.4 Å². The molecule has 1 heterocycles. The van der Waals surface area contributed by atoms with E-state index in [1.54, 1.807) is 24.3 Å². The number of nitrogens with zero attached hydrogens (tertiary/aromatic N) is 2. The summed E-state index contributed by atoms with van der Waals surface area (Å²) in [7, 11) is 2.09. The zero-order valence-corrected chi connectivity index (χ0v) is 15.9. The minimum atomic E-state index is -0.0865. The molecule has 1 atom stereocenters. The van der Waals surface area contributed by atoms with E-state index in [0.717, 1.165) is 30.8 Å². The average Bonchev–Trinajstić information content (AvgIpc) is 2.84. The third kappa shape index (κ3) is 3.86. The summed E-state index contributed by atoms with van der Waals surface area (Å²) >= 11 is 0. The van der Waals surface area contributed by atoms with Crippen molar-refractivity contribution in [3.63, 3.8) is 0 Å². The van der Waals surface area contributed by atoms with Crippen LogP contribution >= 0.6 is 0 Å². The second-order valence-corrected chi connectivity index (χ2v) is 7.26. The molecule has 28 heavy (non-hydrogen) atoms. The third-order valence-corrected chi connectivity index (χ3v) is 5.26. The van der Waals surface area contributed by atoms with Crippen molar-refractivity contribution >= 4 is 5.84 Å². The van der Waals surface area contributed by atoms with Gasteiger partial charge in [0.1, 0.15) is 23.4 Å². The van der Waals surface area contributed by atoms with E-state index < -0.39 is 0 Å². The van der Waals surface area contributed by atoms with Crippen LogP contribution in [0.3, 0.4) is 0 Å². The first-order chi connectivity index (χ1) is 13.6. The number of aliphatic imine (C=N–C) groups is 1. The predicted molar refractivity (Wildman–Crippen MR) is 112 cm³/mol. The molecule has 0 aliphatic carbocycles. The lowest BCUT2D eigenvalue weighted by Gasteiger charge is -2.20. The van der Waals surface area contributed by atoms with Crippen molar-refractivity contribution in [2.24, 2.45) is 4.99 Å². The zero-order chi connectivity index (χ0) is 19.5. The number of aryl methyl sites for hydroxylation is 1. The molecule has 0 spiro atoms. The number of phenols is 2. The largest absolute Gasteiger partial charge is 0.508 e. The summed E-state index contributed by atoms with van der Waals surface area (Å²) in [5.74, 6) is 1.61. The molecule has 2 N–H and O–H groups in total. The van der Waals surface area contributed by atoms with Crippen LogP contribution in [0.5, 0.6) is 11.5 Å². The smallest absolute Gasteiger partial charge is 0.115 e. The summed E-state index contributed by atoms with van der Waals surface area (Å²) < 4.78 is 0. The molecule has 0 amide bonds. The Morgan fingerprint density at radius 1 is 0.857 bits per heavy atom. The molecule has 0 radical (unpaired) electrons. The van der Waals surface area contributed by atoms with E-state index in [0.29, 0.717) is 0 Å². The van der Waals surface area contributed by atoms with Gasteiger partial charge < -0.3 is 15.1 Å². The maximum Gasteiger partial charge on any atom is 0.115 e. The Morgan fingerprint density at radius 3 is 2.21 bits per heavy atom. The highest BCUT2D eigenvalue weighted by molar-refractivity contribution is 5.83. The molecule has 3 aromatic rings. The molecule has 0 aromatic heterocycles. The Hall–Kier alpha value is -3.27. The van der Waals surface area contributed by atoms with Crippen molar-refractivity contribution < 1.29 is 10.2 Å². The maximum atomic E-state index is 9.67. The lowest BCUT2D eigenvalue weighted by Crippen LogP contribution is -2.26. The number of benzene rings is 3. The molecule has 0 fully saturated rings. The highest BCUT2D eigenvalue weighted by atomic mass is 16.3. The van der Waals surface area contributed by atoms with Crippen LogP contribution in [-0.4, -0.2) is 28.0 Å². The minimum Gasteiger partial charge on any atom is -0.508 e. The second kappa shape index (κ2) is 7.77. The summed E-state index contributed by atoms with van der Waals surface area (Å²) in [4.78, 5) is 7.36. The van der Waals surface area contributed by atoms with E-state index in [1.165, 1.54) is 16.7 Å². The highest BCUT2D eigenvalue weighted by Gasteiger charge is 2.23. The summed E-state index contributed by atoms with van der Waals surface area (Å²) in [5, 5.41) is 19.2. The Morgan fingerprint density at radius 2 is 1.50 bits per heavy atom. The van der Waals surface area contributed by atoms with Crippen LogP contribution in [0, 0.1) is 0 Å². The van der Waals surface area contributed by atoms with Gasteiger partial charge in [0.15, 0.2) is 0 Å². The number of hydrogen-bond donors (Lipinski definition) is 2. The van der Waals surface area contributed by atoms with E-state index in [1.807, 2.05) is 24.3 Å². The Bertz CT molecular complexity index is 978. The number of fused-ring (bicyclic) bond motifs is 1. The third-order valence-electron chi connectivity index (χ3n) is 5.26. The fourth-order valence-electron chi connectivity index (χ4n) is 3.69. The lowest BCUT2D eigenvalue weighted by atomic mass is 9.95. The standard InChI is InChI=1S/C24H24N2O2/c1-26-16-19-4-2-3-5-22(19)24(18-9-13-21(28)14-10-18)25-23(26)15-8-17-6-11-20(27)12-7-17/h2-7,9-14,24,27-28H,8,15-16H2,1H3. The molecule has 0 saturated heterocycles. The van der Waals surface area contributed by atoms with E-state index >= 15 is 0 Å². The highest BCUT2D eigenvalue weighted by Crippen LogP contribution is 2.33. The fourth-order valence-corrected chi connectivity index (χ4v) is 3.69. The number of amidine groups is 1. The van der Waals surface area contributed by atoms with Crippen molar-refractivity contribution in [1.29, 1.82) is 0 Å². The molecule has 3 aromatic carbocycles. The maximum absolute atomic E-state index is 9.67. The van der Waals surface area contributed by atoms with Gasteiger partial charge in [0.2, 0.25) is 0 Å². The van der Waals surface area contributed by atoms with Gasteiger partial charge in [0.05, 0.1) is 0 Å². The normalized spacial score (nSPS) is 16.2. The molecule has 4 rings (SSSR count). The topological polar surface area (TPSA) is 56.1 Å².